The first-order valence-corrected chi connectivity index (χ1v) is 8.93. The quantitative estimate of drug-likeness (QED) is 0.612. The van der Waals surface area contributed by atoms with E-state index < -0.39 is 0 Å². The predicted octanol–water partition coefficient (Wildman–Crippen LogP) is 4.84. The average Bonchev–Trinajstić information content (AvgIpc) is 2.54. The molecule has 1 aromatic heterocycles. The largest absolute Gasteiger partial charge is 0.374 e. The van der Waals surface area contributed by atoms with Gasteiger partial charge in [-0.15, -0.1) is 0 Å². The van der Waals surface area contributed by atoms with Crippen molar-refractivity contribution in [3.05, 3.63) is 35.5 Å². The highest BCUT2D eigenvalue weighted by Gasteiger charge is 2.07. The van der Waals surface area contributed by atoms with Crippen LogP contribution in [0, 0.1) is 0 Å². The van der Waals surface area contributed by atoms with Gasteiger partial charge in [-0.05, 0) is 57.2 Å². The third kappa shape index (κ3) is 5.36. The van der Waals surface area contributed by atoms with E-state index in [0.29, 0.717) is 0 Å². The summed E-state index contributed by atoms with van der Waals surface area (Å²) in [5.74, 6) is 0. The molecule has 0 atom stereocenters. The smallest absolute Gasteiger partial charge is 0.0737 e. The molecule has 23 heavy (non-hydrogen) atoms. The Balaban J connectivity index is 1.90. The Morgan fingerprint density at radius 2 is 1.78 bits per heavy atom. The van der Waals surface area contributed by atoms with Crippen molar-refractivity contribution in [2.75, 3.05) is 38.6 Å². The zero-order chi connectivity index (χ0) is 16.7. The van der Waals surface area contributed by atoms with Crippen molar-refractivity contribution >= 4 is 28.2 Å². The van der Waals surface area contributed by atoms with Gasteiger partial charge in [0.2, 0.25) is 0 Å². The fourth-order valence-electron chi connectivity index (χ4n) is 2.88. The van der Waals surface area contributed by atoms with E-state index >= 15 is 0 Å². The summed E-state index contributed by atoms with van der Waals surface area (Å²) in [7, 11) is 4.37. The monoisotopic (exact) mass is 333 g/mol. The van der Waals surface area contributed by atoms with Crippen LogP contribution < -0.4 is 4.90 Å². The Morgan fingerprint density at radius 3 is 2.57 bits per heavy atom. The number of pyridine rings is 1. The molecule has 126 valence electrons. The summed E-state index contributed by atoms with van der Waals surface area (Å²) in [5, 5.41) is 1.90. The highest BCUT2D eigenvalue weighted by atomic mass is 35.5. The number of aromatic nitrogens is 1. The molecule has 0 saturated heterocycles. The number of anilines is 1. The zero-order valence-electron chi connectivity index (χ0n) is 14.6. The first-order chi connectivity index (χ1) is 11.1. The molecule has 0 radical (unpaired) electrons. The maximum Gasteiger partial charge on any atom is 0.0737 e. The number of halogens is 1. The molecule has 0 amide bonds. The van der Waals surface area contributed by atoms with Crippen LogP contribution in [0.1, 0.15) is 32.6 Å². The standard InChI is InChI=1S/C19H28ClN3/c1-4-5-6-12-22(2)13-7-14-23(3)19-10-11-21-18-15-16(20)8-9-17(18)19/h8-11,15H,4-7,12-14H2,1-3H3. The van der Waals surface area contributed by atoms with E-state index in [-0.39, 0.29) is 0 Å². The van der Waals surface area contributed by atoms with Gasteiger partial charge >= 0.3 is 0 Å². The number of hydrogen-bond donors (Lipinski definition) is 0. The van der Waals surface area contributed by atoms with Crippen LogP contribution in [0.15, 0.2) is 30.5 Å². The van der Waals surface area contributed by atoms with Crippen molar-refractivity contribution in [3.63, 3.8) is 0 Å². The molecule has 0 aliphatic carbocycles. The van der Waals surface area contributed by atoms with Crippen molar-refractivity contribution in [2.45, 2.75) is 32.6 Å². The molecule has 0 fully saturated rings. The first-order valence-electron chi connectivity index (χ1n) is 8.55. The molecule has 2 aromatic rings. The SMILES string of the molecule is CCCCCN(C)CCCN(C)c1ccnc2cc(Cl)ccc12. The molecule has 0 aliphatic rings. The van der Waals surface area contributed by atoms with Crippen molar-refractivity contribution in [1.82, 2.24) is 9.88 Å². The highest BCUT2D eigenvalue weighted by molar-refractivity contribution is 6.31. The first kappa shape index (κ1) is 18.0. The number of rotatable bonds is 9. The summed E-state index contributed by atoms with van der Waals surface area (Å²) < 4.78 is 0. The average molecular weight is 334 g/mol. The molecule has 0 saturated carbocycles. The number of fused-ring (bicyclic) bond motifs is 1. The van der Waals surface area contributed by atoms with E-state index in [0.717, 1.165) is 35.4 Å². The second kappa shape index (κ2) is 9.09. The Kier molecular flexibility index (Phi) is 7.13. The second-order valence-electron chi connectivity index (χ2n) is 6.28. The van der Waals surface area contributed by atoms with Gasteiger partial charge in [0.25, 0.3) is 0 Å². The molecule has 0 spiro atoms. The second-order valence-corrected chi connectivity index (χ2v) is 6.71. The van der Waals surface area contributed by atoms with E-state index in [1.807, 2.05) is 18.3 Å². The summed E-state index contributed by atoms with van der Waals surface area (Å²) in [5.41, 5.74) is 2.18. The van der Waals surface area contributed by atoms with E-state index in [2.05, 4.69) is 47.9 Å². The summed E-state index contributed by atoms with van der Waals surface area (Å²) >= 11 is 6.06. The van der Waals surface area contributed by atoms with Crippen LogP contribution in [-0.4, -0.2) is 43.6 Å². The van der Waals surface area contributed by atoms with Crippen molar-refractivity contribution in [3.8, 4) is 0 Å². The molecule has 0 bridgehead atoms. The Bertz CT molecular complexity index is 615. The number of nitrogens with zero attached hydrogens (tertiary/aromatic N) is 3. The lowest BCUT2D eigenvalue weighted by molar-refractivity contribution is 0.322. The zero-order valence-corrected chi connectivity index (χ0v) is 15.3. The topological polar surface area (TPSA) is 19.4 Å². The molecule has 0 unspecified atom stereocenters. The van der Waals surface area contributed by atoms with Gasteiger partial charge in [-0.3, -0.25) is 4.98 Å². The van der Waals surface area contributed by atoms with Crippen molar-refractivity contribution in [2.24, 2.45) is 0 Å². The van der Waals surface area contributed by atoms with Crippen LogP contribution in [0.4, 0.5) is 5.69 Å². The minimum Gasteiger partial charge on any atom is -0.374 e. The van der Waals surface area contributed by atoms with E-state index in [4.69, 9.17) is 11.6 Å². The Morgan fingerprint density at radius 1 is 1.00 bits per heavy atom. The van der Waals surface area contributed by atoms with Gasteiger partial charge in [0, 0.05) is 35.9 Å². The summed E-state index contributed by atoms with van der Waals surface area (Å²) in [4.78, 5) is 9.17. The third-order valence-electron chi connectivity index (χ3n) is 4.27. The molecule has 0 aliphatic heterocycles. The molecule has 1 heterocycles. The van der Waals surface area contributed by atoms with Gasteiger partial charge in [-0.25, -0.2) is 0 Å². The van der Waals surface area contributed by atoms with Crippen LogP contribution in [-0.2, 0) is 0 Å². The van der Waals surface area contributed by atoms with Gasteiger partial charge in [0.1, 0.15) is 0 Å². The van der Waals surface area contributed by atoms with Gasteiger partial charge in [0.05, 0.1) is 5.52 Å². The maximum absolute atomic E-state index is 6.06. The lowest BCUT2D eigenvalue weighted by atomic mass is 10.1. The summed E-state index contributed by atoms with van der Waals surface area (Å²) in [6, 6.07) is 8.01. The van der Waals surface area contributed by atoms with Gasteiger partial charge in [-0.2, -0.15) is 0 Å². The van der Waals surface area contributed by atoms with Gasteiger partial charge in [0.15, 0.2) is 0 Å². The predicted molar refractivity (Wildman–Crippen MR) is 102 cm³/mol. The number of hydrogen-bond acceptors (Lipinski definition) is 3. The van der Waals surface area contributed by atoms with Crippen LogP contribution in [0.5, 0.6) is 0 Å². The molecule has 4 heteroatoms. The van der Waals surface area contributed by atoms with Crippen LogP contribution in [0.3, 0.4) is 0 Å². The lowest BCUT2D eigenvalue weighted by Gasteiger charge is -2.23. The Labute approximate surface area is 145 Å². The van der Waals surface area contributed by atoms with E-state index in [1.165, 1.54) is 31.5 Å². The molecular weight excluding hydrogens is 306 g/mol. The van der Waals surface area contributed by atoms with E-state index in [1.54, 1.807) is 0 Å². The lowest BCUT2D eigenvalue weighted by Crippen LogP contribution is -2.26. The minimum atomic E-state index is 0.735. The molecule has 3 nitrogen and oxygen atoms in total. The molecular formula is C19H28ClN3. The fraction of sp³-hybridized carbons (Fsp3) is 0.526. The molecule has 0 N–H and O–H groups in total. The maximum atomic E-state index is 6.06. The van der Waals surface area contributed by atoms with Crippen LogP contribution in [0.2, 0.25) is 5.02 Å². The highest BCUT2D eigenvalue weighted by Crippen LogP contribution is 2.26. The third-order valence-corrected chi connectivity index (χ3v) is 4.50. The molecule has 1 aromatic carbocycles. The number of unbranched alkanes of at least 4 members (excludes halogenated alkanes) is 2. The van der Waals surface area contributed by atoms with Crippen LogP contribution in [0.25, 0.3) is 10.9 Å². The Hall–Kier alpha value is -1.32. The fourth-order valence-corrected chi connectivity index (χ4v) is 3.05. The summed E-state index contributed by atoms with van der Waals surface area (Å²) in [6.07, 6.45) is 6.95. The van der Waals surface area contributed by atoms with Gasteiger partial charge in [-0.1, -0.05) is 31.4 Å². The normalized spacial score (nSPS) is 11.3. The molecule has 2 rings (SSSR count). The van der Waals surface area contributed by atoms with Crippen molar-refractivity contribution in [1.29, 1.82) is 0 Å². The van der Waals surface area contributed by atoms with Crippen LogP contribution >= 0.6 is 11.6 Å². The number of benzene rings is 1. The minimum absolute atomic E-state index is 0.735. The van der Waals surface area contributed by atoms with Crippen molar-refractivity contribution < 1.29 is 0 Å². The summed E-state index contributed by atoms with van der Waals surface area (Å²) in [6.45, 7) is 5.64. The van der Waals surface area contributed by atoms with Gasteiger partial charge < -0.3 is 9.80 Å². The van der Waals surface area contributed by atoms with E-state index in [9.17, 15) is 0 Å².